The molecule has 134 valence electrons. The van der Waals surface area contributed by atoms with E-state index in [2.05, 4.69) is 5.32 Å². The summed E-state index contributed by atoms with van der Waals surface area (Å²) in [6.45, 7) is 3.95. The molecule has 1 aromatic rings. The second-order valence-corrected chi connectivity index (χ2v) is 9.31. The van der Waals surface area contributed by atoms with Gasteiger partial charge in [-0.2, -0.15) is 4.31 Å². The molecular weight excluding hydrogens is 350 g/mol. The molecule has 0 aromatic carbocycles. The number of piperazine rings is 1. The van der Waals surface area contributed by atoms with Crippen LogP contribution in [0.25, 0.3) is 0 Å². The van der Waals surface area contributed by atoms with E-state index in [1.54, 1.807) is 17.5 Å². The van der Waals surface area contributed by atoms with Crippen LogP contribution in [0.2, 0.25) is 0 Å². The normalized spacial score (nSPS) is 23.4. The van der Waals surface area contributed by atoms with Gasteiger partial charge in [-0.1, -0.05) is 6.07 Å². The van der Waals surface area contributed by atoms with E-state index in [0.717, 1.165) is 24.3 Å². The Hall–Kier alpha value is -1.00. The maximum Gasteiger partial charge on any atom is 0.275 e. The van der Waals surface area contributed by atoms with E-state index >= 15 is 0 Å². The average molecular weight is 375 g/mol. The predicted molar refractivity (Wildman–Crippen MR) is 90.6 cm³/mol. The van der Waals surface area contributed by atoms with E-state index in [9.17, 15) is 13.2 Å². The maximum atomic E-state index is 12.5. The van der Waals surface area contributed by atoms with E-state index in [0.29, 0.717) is 43.5 Å². The maximum absolute atomic E-state index is 12.5. The quantitative estimate of drug-likeness (QED) is 0.665. The van der Waals surface area contributed by atoms with Crippen molar-refractivity contribution in [3.63, 3.8) is 0 Å². The van der Waals surface area contributed by atoms with Gasteiger partial charge in [0, 0.05) is 13.2 Å². The molecule has 0 spiro atoms. The number of rotatable bonds is 6. The number of quaternary nitrogens is 1. The summed E-state index contributed by atoms with van der Waals surface area (Å²) in [7, 11) is -3.37. The lowest BCUT2D eigenvalue weighted by atomic mass is 10.2. The van der Waals surface area contributed by atoms with Crippen molar-refractivity contribution in [1.29, 1.82) is 0 Å². The summed E-state index contributed by atoms with van der Waals surface area (Å²) in [4.78, 5) is 13.1. The first kappa shape index (κ1) is 17.8. The van der Waals surface area contributed by atoms with Crippen molar-refractivity contribution < 1.29 is 22.8 Å². The van der Waals surface area contributed by atoms with Crippen molar-refractivity contribution >= 4 is 27.3 Å². The van der Waals surface area contributed by atoms with Crippen molar-refractivity contribution in [2.75, 3.05) is 45.9 Å². The van der Waals surface area contributed by atoms with Crippen molar-refractivity contribution in [2.45, 2.75) is 23.2 Å². The monoisotopic (exact) mass is 374 g/mol. The fourth-order valence-corrected chi connectivity index (χ4v) is 5.67. The molecule has 9 heteroatoms. The summed E-state index contributed by atoms with van der Waals surface area (Å²) in [6, 6.07) is 3.38. The molecule has 2 saturated heterocycles. The molecule has 1 aromatic heterocycles. The lowest BCUT2D eigenvalue weighted by Gasteiger charge is -2.30. The van der Waals surface area contributed by atoms with Crippen molar-refractivity contribution in [1.82, 2.24) is 9.62 Å². The second kappa shape index (κ2) is 7.92. The highest BCUT2D eigenvalue weighted by atomic mass is 32.2. The lowest BCUT2D eigenvalue weighted by molar-refractivity contribution is -0.895. The first-order valence-electron chi connectivity index (χ1n) is 8.31. The molecule has 2 N–H and O–H groups in total. The topological polar surface area (TPSA) is 80.2 Å². The van der Waals surface area contributed by atoms with Gasteiger partial charge in [0.05, 0.1) is 32.3 Å². The highest BCUT2D eigenvalue weighted by Gasteiger charge is 2.31. The van der Waals surface area contributed by atoms with Crippen LogP contribution < -0.4 is 10.2 Å². The van der Waals surface area contributed by atoms with Gasteiger partial charge in [-0.3, -0.25) is 4.79 Å². The van der Waals surface area contributed by atoms with Crippen LogP contribution >= 0.6 is 11.3 Å². The van der Waals surface area contributed by atoms with E-state index in [1.165, 1.54) is 15.6 Å². The average Bonchev–Trinajstić information content (AvgIpc) is 3.27. The second-order valence-electron chi connectivity index (χ2n) is 6.20. The Labute approximate surface area is 146 Å². The van der Waals surface area contributed by atoms with Gasteiger partial charge in [-0.05, 0) is 24.3 Å². The van der Waals surface area contributed by atoms with Gasteiger partial charge in [0.1, 0.15) is 4.21 Å². The highest BCUT2D eigenvalue weighted by Crippen LogP contribution is 2.20. The Bertz CT molecular complexity index is 634. The number of carbonyl (C=O) groups is 1. The number of nitrogens with zero attached hydrogens (tertiary/aromatic N) is 1. The molecule has 0 unspecified atom stereocenters. The van der Waals surface area contributed by atoms with E-state index in [4.69, 9.17) is 4.74 Å². The summed E-state index contributed by atoms with van der Waals surface area (Å²) < 4.78 is 32.3. The highest BCUT2D eigenvalue weighted by molar-refractivity contribution is 7.91. The SMILES string of the molecule is O=C(C[NH+]1CCN(S(=O)(=O)c2cccs2)CC1)NC[C@H]1CCCO1. The van der Waals surface area contributed by atoms with Crippen LogP contribution in [0.15, 0.2) is 21.7 Å². The Balaban J connectivity index is 1.42. The molecular formula is C15H24N3O4S2+. The zero-order valence-corrected chi connectivity index (χ0v) is 15.2. The number of nitrogens with one attached hydrogen (secondary N) is 2. The van der Waals surface area contributed by atoms with Crippen LogP contribution in [-0.4, -0.2) is 70.6 Å². The third-order valence-electron chi connectivity index (χ3n) is 4.48. The molecule has 2 fully saturated rings. The third kappa shape index (κ3) is 4.34. The zero-order valence-electron chi connectivity index (χ0n) is 13.6. The van der Waals surface area contributed by atoms with E-state index in [-0.39, 0.29) is 12.0 Å². The van der Waals surface area contributed by atoms with Crippen molar-refractivity contribution in [2.24, 2.45) is 0 Å². The minimum atomic E-state index is -3.37. The number of ether oxygens (including phenoxy) is 1. The number of hydrogen-bond donors (Lipinski definition) is 2. The number of amides is 1. The van der Waals surface area contributed by atoms with Crippen molar-refractivity contribution in [3.8, 4) is 0 Å². The Morgan fingerprint density at radius 3 is 2.83 bits per heavy atom. The van der Waals surface area contributed by atoms with Gasteiger partial charge < -0.3 is 15.0 Å². The zero-order chi connectivity index (χ0) is 17.0. The van der Waals surface area contributed by atoms with Gasteiger partial charge in [0.25, 0.3) is 15.9 Å². The standard InChI is InChI=1S/C15H23N3O4S2/c19-14(16-11-13-3-1-9-22-13)12-17-5-7-18(8-6-17)24(20,21)15-4-2-10-23-15/h2,4,10,13H,1,3,5-9,11-12H2,(H,16,19)/p+1/t13-/m1/s1. The molecule has 1 atom stereocenters. The largest absolute Gasteiger partial charge is 0.376 e. The number of sulfonamides is 1. The Kier molecular flexibility index (Phi) is 5.88. The van der Waals surface area contributed by atoms with Crippen LogP contribution in [0.4, 0.5) is 0 Å². The van der Waals surface area contributed by atoms with Crippen LogP contribution in [0.1, 0.15) is 12.8 Å². The number of hydrogen-bond acceptors (Lipinski definition) is 5. The Morgan fingerprint density at radius 2 is 2.21 bits per heavy atom. The molecule has 0 saturated carbocycles. The summed E-state index contributed by atoms with van der Waals surface area (Å²) in [6.07, 6.45) is 2.22. The summed E-state index contributed by atoms with van der Waals surface area (Å²) in [5, 5.41) is 4.69. The minimum absolute atomic E-state index is 0.00932. The molecule has 24 heavy (non-hydrogen) atoms. The fourth-order valence-electron chi connectivity index (χ4n) is 3.08. The molecule has 0 bridgehead atoms. The van der Waals surface area contributed by atoms with E-state index in [1.807, 2.05) is 0 Å². The lowest BCUT2D eigenvalue weighted by Crippen LogP contribution is -3.15. The van der Waals surface area contributed by atoms with Crippen LogP contribution in [0, 0.1) is 0 Å². The molecule has 0 radical (unpaired) electrons. The van der Waals surface area contributed by atoms with E-state index < -0.39 is 10.0 Å². The van der Waals surface area contributed by atoms with Crippen LogP contribution in [-0.2, 0) is 19.6 Å². The number of thiophene rings is 1. The van der Waals surface area contributed by atoms with Crippen LogP contribution in [0.3, 0.4) is 0 Å². The van der Waals surface area contributed by atoms with Crippen LogP contribution in [0.5, 0.6) is 0 Å². The van der Waals surface area contributed by atoms with Crippen molar-refractivity contribution in [3.05, 3.63) is 17.5 Å². The van der Waals surface area contributed by atoms with Gasteiger partial charge in [-0.15, -0.1) is 11.3 Å². The van der Waals surface area contributed by atoms with Gasteiger partial charge >= 0.3 is 0 Å². The molecule has 2 aliphatic rings. The Morgan fingerprint density at radius 1 is 1.42 bits per heavy atom. The van der Waals surface area contributed by atoms with Gasteiger partial charge in [0.2, 0.25) is 0 Å². The predicted octanol–water partition coefficient (Wildman–Crippen LogP) is -1.07. The molecule has 3 rings (SSSR count). The molecule has 2 aliphatic heterocycles. The summed E-state index contributed by atoms with van der Waals surface area (Å²) in [5.41, 5.74) is 0. The first-order chi connectivity index (χ1) is 11.6. The molecule has 7 nitrogen and oxygen atoms in total. The minimum Gasteiger partial charge on any atom is -0.376 e. The van der Waals surface area contributed by atoms with Gasteiger partial charge in [-0.25, -0.2) is 8.42 Å². The molecule has 3 heterocycles. The first-order valence-corrected chi connectivity index (χ1v) is 10.6. The summed E-state index contributed by atoms with van der Waals surface area (Å²) in [5.74, 6) is 0.00932. The smallest absolute Gasteiger partial charge is 0.275 e. The fraction of sp³-hybridized carbons (Fsp3) is 0.667. The molecule has 1 amide bonds. The number of carbonyl (C=O) groups excluding carboxylic acids is 1. The summed E-state index contributed by atoms with van der Waals surface area (Å²) >= 11 is 1.24. The van der Waals surface area contributed by atoms with Gasteiger partial charge in [0.15, 0.2) is 6.54 Å². The molecule has 0 aliphatic carbocycles. The third-order valence-corrected chi connectivity index (χ3v) is 7.75.